The van der Waals surface area contributed by atoms with E-state index in [-0.39, 0.29) is 6.42 Å². The first-order valence-corrected chi connectivity index (χ1v) is 4.38. The summed E-state index contributed by atoms with van der Waals surface area (Å²) in [5.41, 5.74) is 1.35. The van der Waals surface area contributed by atoms with Crippen LogP contribution in [-0.2, 0) is 6.42 Å². The summed E-state index contributed by atoms with van der Waals surface area (Å²) in [7, 11) is 0. The lowest BCUT2D eigenvalue weighted by molar-refractivity contribution is -0.0137. The first kappa shape index (κ1) is 11.0. The van der Waals surface area contributed by atoms with Crippen LogP contribution in [0.5, 0.6) is 0 Å². The number of aryl methyl sites for hydroxylation is 1. The maximum absolute atomic E-state index is 9.42. The first-order valence-electron chi connectivity index (χ1n) is 4.38. The van der Waals surface area contributed by atoms with Crippen LogP contribution >= 0.6 is 0 Å². The van der Waals surface area contributed by atoms with Gasteiger partial charge in [0.15, 0.2) is 0 Å². The zero-order valence-corrected chi connectivity index (χ0v) is 7.96. The third-order valence-corrected chi connectivity index (χ3v) is 2.02. The molecule has 5 nitrogen and oxygen atoms in total. The number of rotatable bonds is 4. The average molecular weight is 198 g/mol. The number of nitrogens with zero attached hydrogens (tertiary/aromatic N) is 2. The Morgan fingerprint density at radius 1 is 1.21 bits per heavy atom. The fourth-order valence-electron chi connectivity index (χ4n) is 1.09. The molecule has 78 valence electrons. The highest BCUT2D eigenvalue weighted by Crippen LogP contribution is 2.06. The summed E-state index contributed by atoms with van der Waals surface area (Å²) >= 11 is 0. The van der Waals surface area contributed by atoms with Crippen LogP contribution in [0, 0.1) is 6.92 Å². The lowest BCUT2D eigenvalue weighted by Gasteiger charge is -2.15. The molecule has 0 bridgehead atoms. The molecule has 3 N–H and O–H groups in total. The van der Waals surface area contributed by atoms with Gasteiger partial charge in [-0.1, -0.05) is 0 Å². The van der Waals surface area contributed by atoms with Crippen molar-refractivity contribution in [1.29, 1.82) is 0 Å². The SMILES string of the molecule is Cc1nccnc1CC(O)C(O)CO. The molecular formula is C9H14N2O3. The Kier molecular flexibility index (Phi) is 3.94. The van der Waals surface area contributed by atoms with Crippen LogP contribution < -0.4 is 0 Å². The maximum Gasteiger partial charge on any atom is 0.103 e. The zero-order chi connectivity index (χ0) is 10.6. The average Bonchev–Trinajstić information content (AvgIpc) is 2.20. The van der Waals surface area contributed by atoms with Gasteiger partial charge in [-0.3, -0.25) is 9.97 Å². The molecule has 2 unspecified atom stereocenters. The summed E-state index contributed by atoms with van der Waals surface area (Å²) < 4.78 is 0. The first-order chi connectivity index (χ1) is 6.65. The van der Waals surface area contributed by atoms with Crippen LogP contribution in [0.25, 0.3) is 0 Å². The second-order valence-electron chi connectivity index (χ2n) is 3.11. The van der Waals surface area contributed by atoms with Crippen molar-refractivity contribution in [2.45, 2.75) is 25.6 Å². The molecule has 0 aromatic carbocycles. The van der Waals surface area contributed by atoms with Crippen LogP contribution in [0.15, 0.2) is 12.4 Å². The van der Waals surface area contributed by atoms with Gasteiger partial charge in [0.1, 0.15) is 6.10 Å². The van der Waals surface area contributed by atoms with E-state index in [1.165, 1.54) is 6.20 Å². The topological polar surface area (TPSA) is 86.5 Å². The van der Waals surface area contributed by atoms with Crippen molar-refractivity contribution in [3.8, 4) is 0 Å². The lowest BCUT2D eigenvalue weighted by atomic mass is 10.1. The van der Waals surface area contributed by atoms with Gasteiger partial charge < -0.3 is 15.3 Å². The highest BCUT2D eigenvalue weighted by Gasteiger charge is 2.17. The monoisotopic (exact) mass is 198 g/mol. The number of aliphatic hydroxyl groups is 3. The molecule has 0 saturated heterocycles. The molecule has 0 aliphatic heterocycles. The number of aromatic nitrogens is 2. The summed E-state index contributed by atoms with van der Waals surface area (Å²) in [6, 6.07) is 0. The minimum atomic E-state index is -1.13. The van der Waals surface area contributed by atoms with Crippen LogP contribution in [0.4, 0.5) is 0 Å². The summed E-state index contributed by atoms with van der Waals surface area (Å²) in [4.78, 5) is 8.02. The molecular weight excluding hydrogens is 184 g/mol. The molecule has 0 aliphatic rings. The van der Waals surface area contributed by atoms with Gasteiger partial charge >= 0.3 is 0 Å². The van der Waals surface area contributed by atoms with Crippen LogP contribution in [0.2, 0.25) is 0 Å². The van der Waals surface area contributed by atoms with E-state index >= 15 is 0 Å². The largest absolute Gasteiger partial charge is 0.394 e. The Bertz CT molecular complexity index is 293. The molecule has 5 heteroatoms. The van der Waals surface area contributed by atoms with Gasteiger partial charge in [0, 0.05) is 18.8 Å². The Morgan fingerprint density at radius 3 is 2.43 bits per heavy atom. The van der Waals surface area contributed by atoms with Crippen molar-refractivity contribution in [1.82, 2.24) is 9.97 Å². The van der Waals surface area contributed by atoms with Crippen LogP contribution in [0.1, 0.15) is 11.4 Å². The van der Waals surface area contributed by atoms with Gasteiger partial charge in [0.05, 0.1) is 24.1 Å². The fraction of sp³-hybridized carbons (Fsp3) is 0.556. The fourth-order valence-corrected chi connectivity index (χ4v) is 1.09. The van der Waals surface area contributed by atoms with E-state index in [2.05, 4.69) is 9.97 Å². The molecule has 0 saturated carbocycles. The van der Waals surface area contributed by atoms with Crippen LogP contribution in [0.3, 0.4) is 0 Å². The minimum Gasteiger partial charge on any atom is -0.394 e. The van der Waals surface area contributed by atoms with Gasteiger partial charge in [-0.05, 0) is 6.92 Å². The molecule has 1 aromatic heterocycles. The maximum atomic E-state index is 9.42. The quantitative estimate of drug-likeness (QED) is 0.580. The Balaban J connectivity index is 2.64. The van der Waals surface area contributed by atoms with Crippen molar-refractivity contribution in [2.24, 2.45) is 0 Å². The minimum absolute atomic E-state index is 0.196. The lowest BCUT2D eigenvalue weighted by Crippen LogP contribution is -2.31. The molecule has 1 aromatic rings. The van der Waals surface area contributed by atoms with Gasteiger partial charge in [-0.25, -0.2) is 0 Å². The van der Waals surface area contributed by atoms with Crippen molar-refractivity contribution in [3.05, 3.63) is 23.8 Å². The van der Waals surface area contributed by atoms with E-state index < -0.39 is 18.8 Å². The van der Waals surface area contributed by atoms with Crippen molar-refractivity contribution < 1.29 is 15.3 Å². The van der Waals surface area contributed by atoms with E-state index in [9.17, 15) is 5.11 Å². The smallest absolute Gasteiger partial charge is 0.103 e. The van der Waals surface area contributed by atoms with Crippen molar-refractivity contribution in [2.75, 3.05) is 6.61 Å². The third-order valence-electron chi connectivity index (χ3n) is 2.02. The summed E-state index contributed by atoms with van der Waals surface area (Å²) in [5.74, 6) is 0. The zero-order valence-electron chi connectivity index (χ0n) is 7.96. The second-order valence-corrected chi connectivity index (χ2v) is 3.11. The third kappa shape index (κ3) is 2.73. The molecule has 0 fully saturated rings. The molecule has 2 atom stereocenters. The van der Waals surface area contributed by atoms with Gasteiger partial charge in [0.2, 0.25) is 0 Å². The Labute approximate surface area is 82.1 Å². The Hall–Kier alpha value is -1.04. The predicted octanol–water partition coefficient (Wildman–Crippen LogP) is -0.958. The molecule has 0 aliphatic carbocycles. The highest BCUT2D eigenvalue weighted by molar-refractivity contribution is 5.09. The van der Waals surface area contributed by atoms with E-state index in [1.54, 1.807) is 13.1 Å². The van der Waals surface area contributed by atoms with Crippen LogP contribution in [-0.4, -0.2) is 44.1 Å². The second kappa shape index (κ2) is 4.99. The van der Waals surface area contributed by atoms with Crippen molar-refractivity contribution in [3.63, 3.8) is 0 Å². The van der Waals surface area contributed by atoms with E-state index in [1.807, 2.05) is 0 Å². The standard InChI is InChI=1S/C9H14N2O3/c1-6-7(11-3-2-10-6)4-8(13)9(14)5-12/h2-3,8-9,12-14H,4-5H2,1H3. The normalized spacial score (nSPS) is 15.1. The molecule has 14 heavy (non-hydrogen) atoms. The highest BCUT2D eigenvalue weighted by atomic mass is 16.4. The molecule has 0 amide bonds. The van der Waals surface area contributed by atoms with Gasteiger partial charge in [-0.2, -0.15) is 0 Å². The molecule has 1 rings (SSSR count). The number of hydrogen-bond donors (Lipinski definition) is 3. The Morgan fingerprint density at radius 2 is 1.86 bits per heavy atom. The molecule has 0 radical (unpaired) electrons. The number of hydrogen-bond acceptors (Lipinski definition) is 5. The van der Waals surface area contributed by atoms with Crippen molar-refractivity contribution >= 4 is 0 Å². The van der Waals surface area contributed by atoms with E-state index in [0.717, 1.165) is 5.69 Å². The summed E-state index contributed by atoms with van der Waals surface area (Å²) in [5, 5.41) is 27.2. The predicted molar refractivity (Wildman–Crippen MR) is 49.6 cm³/mol. The molecule has 0 spiro atoms. The van der Waals surface area contributed by atoms with E-state index in [4.69, 9.17) is 10.2 Å². The molecule has 1 heterocycles. The number of aliphatic hydroxyl groups excluding tert-OH is 3. The van der Waals surface area contributed by atoms with Gasteiger partial charge in [-0.15, -0.1) is 0 Å². The van der Waals surface area contributed by atoms with E-state index in [0.29, 0.717) is 5.69 Å². The van der Waals surface area contributed by atoms with Gasteiger partial charge in [0.25, 0.3) is 0 Å². The summed E-state index contributed by atoms with van der Waals surface area (Å²) in [6.45, 7) is 1.32. The summed E-state index contributed by atoms with van der Waals surface area (Å²) in [6.07, 6.45) is 1.15.